The smallest absolute Gasteiger partial charge is 0.131 e. The molecule has 0 saturated carbocycles. The molecule has 106 valence electrons. The topological polar surface area (TPSA) is 44.7 Å². The molecule has 0 radical (unpaired) electrons. The molecule has 2 N–H and O–H groups in total. The summed E-state index contributed by atoms with van der Waals surface area (Å²) in [6, 6.07) is 5.23. The van der Waals surface area contributed by atoms with E-state index in [1.807, 2.05) is 0 Å². The van der Waals surface area contributed by atoms with Gasteiger partial charge in [0.25, 0.3) is 0 Å². The second-order valence-electron chi connectivity index (χ2n) is 4.80. The number of nitrogens with zero attached hydrogens (tertiary/aromatic N) is 1. The van der Waals surface area contributed by atoms with Gasteiger partial charge in [0, 0.05) is 50.5 Å². The molecule has 0 aromatic heterocycles. The summed E-state index contributed by atoms with van der Waals surface area (Å²) in [7, 11) is 1.53. The van der Waals surface area contributed by atoms with Gasteiger partial charge in [-0.25, -0.2) is 4.39 Å². The first-order chi connectivity index (χ1) is 9.24. The number of rotatable bonds is 5. The molecule has 1 heterocycles. The zero-order chi connectivity index (χ0) is 13.7. The lowest BCUT2D eigenvalue weighted by molar-refractivity contribution is 0.122. The van der Waals surface area contributed by atoms with E-state index >= 15 is 0 Å². The zero-order valence-corrected chi connectivity index (χ0v) is 11.2. The van der Waals surface area contributed by atoms with Crippen molar-refractivity contribution in [3.8, 4) is 5.75 Å². The van der Waals surface area contributed by atoms with Crippen LogP contribution >= 0.6 is 0 Å². The van der Waals surface area contributed by atoms with E-state index in [4.69, 9.17) is 9.84 Å². The van der Waals surface area contributed by atoms with Gasteiger partial charge in [0.1, 0.15) is 11.6 Å². The molecule has 1 aliphatic heterocycles. The maximum atomic E-state index is 13.9. The fourth-order valence-corrected chi connectivity index (χ4v) is 2.45. The van der Waals surface area contributed by atoms with Gasteiger partial charge in [-0.3, -0.25) is 4.90 Å². The lowest BCUT2D eigenvalue weighted by Crippen LogP contribution is -2.51. The second-order valence-corrected chi connectivity index (χ2v) is 4.80. The van der Waals surface area contributed by atoms with Crippen LogP contribution in [0.15, 0.2) is 18.2 Å². The van der Waals surface area contributed by atoms with Crippen molar-refractivity contribution in [2.45, 2.75) is 19.0 Å². The van der Waals surface area contributed by atoms with Gasteiger partial charge >= 0.3 is 0 Å². The van der Waals surface area contributed by atoms with Crippen molar-refractivity contribution >= 4 is 0 Å². The van der Waals surface area contributed by atoms with E-state index < -0.39 is 0 Å². The van der Waals surface area contributed by atoms with E-state index in [0.29, 0.717) is 24.3 Å². The summed E-state index contributed by atoms with van der Waals surface area (Å²) < 4.78 is 18.9. The summed E-state index contributed by atoms with van der Waals surface area (Å²) in [6.45, 7) is 3.35. The number of hydrogen-bond donors (Lipinski definition) is 2. The Bertz CT molecular complexity index is 412. The molecule has 1 aromatic carbocycles. The highest BCUT2D eigenvalue weighted by Gasteiger charge is 2.22. The molecule has 1 fully saturated rings. The van der Waals surface area contributed by atoms with Gasteiger partial charge in [0.15, 0.2) is 0 Å². The number of aliphatic hydroxyl groups excluding tert-OH is 1. The van der Waals surface area contributed by atoms with E-state index in [-0.39, 0.29) is 18.5 Å². The molecule has 0 spiro atoms. The molecule has 2 rings (SSSR count). The Hall–Kier alpha value is -1.17. The van der Waals surface area contributed by atoms with Gasteiger partial charge in [-0.05, 0) is 12.5 Å². The van der Waals surface area contributed by atoms with E-state index in [0.717, 1.165) is 19.6 Å². The predicted molar refractivity (Wildman–Crippen MR) is 71.7 cm³/mol. The largest absolute Gasteiger partial charge is 0.497 e. The number of hydrogen-bond acceptors (Lipinski definition) is 4. The molecule has 5 heteroatoms. The van der Waals surface area contributed by atoms with Crippen LogP contribution in [0, 0.1) is 5.82 Å². The third-order valence-corrected chi connectivity index (χ3v) is 3.57. The number of halogens is 1. The summed E-state index contributed by atoms with van der Waals surface area (Å²) in [6.07, 6.45) is 0.713. The van der Waals surface area contributed by atoms with Gasteiger partial charge < -0.3 is 15.2 Å². The number of nitrogens with one attached hydrogen (secondary N) is 1. The fourth-order valence-electron chi connectivity index (χ4n) is 2.45. The van der Waals surface area contributed by atoms with Crippen LogP contribution in [-0.4, -0.2) is 49.4 Å². The molecule has 1 atom stereocenters. The fraction of sp³-hybridized carbons (Fsp3) is 0.571. The van der Waals surface area contributed by atoms with Crippen molar-refractivity contribution < 1.29 is 14.2 Å². The van der Waals surface area contributed by atoms with Crippen molar-refractivity contribution in [3.63, 3.8) is 0 Å². The van der Waals surface area contributed by atoms with Crippen LogP contribution in [0.2, 0.25) is 0 Å². The summed E-state index contributed by atoms with van der Waals surface area (Å²) in [5.41, 5.74) is 0.672. The molecule has 0 amide bonds. The Kier molecular flexibility index (Phi) is 5.13. The highest BCUT2D eigenvalue weighted by molar-refractivity contribution is 5.28. The molecule has 1 aliphatic rings. The molecule has 0 bridgehead atoms. The zero-order valence-electron chi connectivity index (χ0n) is 11.2. The number of piperazine rings is 1. The van der Waals surface area contributed by atoms with E-state index in [1.165, 1.54) is 13.2 Å². The molecular weight excluding hydrogens is 247 g/mol. The minimum absolute atomic E-state index is 0.161. The first-order valence-electron chi connectivity index (χ1n) is 6.62. The standard InChI is InChI=1S/C14H21FN2O2/c1-19-13-3-2-11(14(15)8-13)10-17-6-5-16-9-12(17)4-7-18/h2-3,8,12,16,18H,4-7,9-10H2,1H3/t12-/m1/s1. The quantitative estimate of drug-likeness (QED) is 0.836. The van der Waals surface area contributed by atoms with Gasteiger partial charge in [0.2, 0.25) is 0 Å². The number of benzene rings is 1. The summed E-state index contributed by atoms with van der Waals surface area (Å²) >= 11 is 0. The van der Waals surface area contributed by atoms with Crippen molar-refractivity contribution in [2.24, 2.45) is 0 Å². The normalized spacial score (nSPS) is 20.5. The maximum Gasteiger partial charge on any atom is 0.131 e. The Morgan fingerprint density at radius 2 is 2.37 bits per heavy atom. The average Bonchev–Trinajstić information content (AvgIpc) is 2.43. The minimum atomic E-state index is -0.236. The third kappa shape index (κ3) is 3.65. The lowest BCUT2D eigenvalue weighted by Gasteiger charge is -2.36. The Labute approximate surface area is 113 Å². The van der Waals surface area contributed by atoms with Crippen LogP contribution in [0.4, 0.5) is 4.39 Å². The van der Waals surface area contributed by atoms with E-state index in [9.17, 15) is 4.39 Å². The molecule has 4 nitrogen and oxygen atoms in total. The van der Waals surface area contributed by atoms with Crippen LogP contribution in [0.3, 0.4) is 0 Å². The first kappa shape index (κ1) is 14.2. The van der Waals surface area contributed by atoms with Gasteiger partial charge in [0.05, 0.1) is 7.11 Å². The second kappa shape index (κ2) is 6.84. The van der Waals surface area contributed by atoms with Crippen LogP contribution < -0.4 is 10.1 Å². The predicted octanol–water partition coefficient (Wildman–Crippen LogP) is 0.990. The monoisotopic (exact) mass is 268 g/mol. The van der Waals surface area contributed by atoms with Crippen LogP contribution in [0.25, 0.3) is 0 Å². The number of aliphatic hydroxyl groups is 1. The van der Waals surface area contributed by atoms with Gasteiger partial charge in [-0.15, -0.1) is 0 Å². The van der Waals surface area contributed by atoms with Crippen LogP contribution in [0.1, 0.15) is 12.0 Å². The Morgan fingerprint density at radius 3 is 3.05 bits per heavy atom. The highest BCUT2D eigenvalue weighted by Crippen LogP contribution is 2.19. The molecule has 19 heavy (non-hydrogen) atoms. The van der Waals surface area contributed by atoms with E-state index in [2.05, 4.69) is 10.2 Å². The Balaban J connectivity index is 2.06. The molecule has 1 saturated heterocycles. The van der Waals surface area contributed by atoms with Crippen molar-refractivity contribution in [1.82, 2.24) is 10.2 Å². The van der Waals surface area contributed by atoms with Gasteiger partial charge in [-0.2, -0.15) is 0 Å². The average molecular weight is 268 g/mol. The molecule has 1 aromatic rings. The highest BCUT2D eigenvalue weighted by atomic mass is 19.1. The maximum absolute atomic E-state index is 13.9. The van der Waals surface area contributed by atoms with Crippen LogP contribution in [0.5, 0.6) is 5.75 Å². The summed E-state index contributed by atoms with van der Waals surface area (Å²) in [5.74, 6) is 0.300. The van der Waals surface area contributed by atoms with Crippen LogP contribution in [-0.2, 0) is 6.54 Å². The first-order valence-corrected chi connectivity index (χ1v) is 6.62. The summed E-state index contributed by atoms with van der Waals surface area (Å²) in [5, 5.41) is 12.4. The van der Waals surface area contributed by atoms with E-state index in [1.54, 1.807) is 12.1 Å². The molecule has 0 aliphatic carbocycles. The van der Waals surface area contributed by atoms with Crippen molar-refractivity contribution in [1.29, 1.82) is 0 Å². The van der Waals surface area contributed by atoms with Gasteiger partial charge in [-0.1, -0.05) is 6.07 Å². The lowest BCUT2D eigenvalue weighted by atomic mass is 10.1. The minimum Gasteiger partial charge on any atom is -0.497 e. The van der Waals surface area contributed by atoms with Crippen molar-refractivity contribution in [2.75, 3.05) is 33.4 Å². The molecule has 0 unspecified atom stereocenters. The Morgan fingerprint density at radius 1 is 1.53 bits per heavy atom. The number of ether oxygens (including phenoxy) is 1. The SMILES string of the molecule is COc1ccc(CN2CCNC[C@H]2CCO)c(F)c1. The molecular formula is C14H21FN2O2. The van der Waals surface area contributed by atoms with Crippen molar-refractivity contribution in [3.05, 3.63) is 29.6 Å². The number of methoxy groups -OCH3 is 1. The third-order valence-electron chi connectivity index (χ3n) is 3.57. The summed E-state index contributed by atoms with van der Waals surface area (Å²) in [4.78, 5) is 2.22.